The summed E-state index contributed by atoms with van der Waals surface area (Å²) >= 11 is 0. The number of benzene rings is 2. The Labute approximate surface area is 178 Å². The number of piperazine rings is 1. The second-order valence-electron chi connectivity index (χ2n) is 7.37. The molecule has 5 rings (SSSR count). The van der Waals surface area contributed by atoms with E-state index in [2.05, 4.69) is 20.0 Å². The lowest BCUT2D eigenvalue weighted by Crippen LogP contribution is -2.49. The Morgan fingerprint density at radius 3 is 2.27 bits per heavy atom. The second kappa shape index (κ2) is 8.04. The fraction of sp³-hybridized carbons (Fsp3) is 0.286. The molecule has 0 unspecified atom stereocenters. The molecule has 7 nitrogen and oxygen atoms in total. The monoisotopic (exact) mass is 429 g/mol. The van der Waals surface area contributed by atoms with Gasteiger partial charge >= 0.3 is 0 Å². The van der Waals surface area contributed by atoms with E-state index >= 15 is 0 Å². The van der Waals surface area contributed by atoms with Crippen molar-refractivity contribution in [3.8, 4) is 0 Å². The van der Waals surface area contributed by atoms with E-state index < -0.39 is 0 Å². The van der Waals surface area contributed by atoms with Gasteiger partial charge in [-0.05, 0) is 30.3 Å². The zero-order chi connectivity index (χ0) is 20.0. The van der Waals surface area contributed by atoms with Gasteiger partial charge in [-0.25, -0.2) is 4.39 Å². The number of amides is 2. The Hall–Kier alpha value is -2.97. The molecule has 0 bridgehead atoms. The molecule has 1 N–H and O–H groups in total. The van der Waals surface area contributed by atoms with Crippen molar-refractivity contribution < 1.29 is 14.0 Å². The highest BCUT2D eigenvalue weighted by Gasteiger charge is 2.35. The van der Waals surface area contributed by atoms with E-state index in [1.165, 1.54) is 17.0 Å². The highest BCUT2D eigenvalue weighted by Crippen LogP contribution is 2.26. The van der Waals surface area contributed by atoms with Crippen molar-refractivity contribution in [2.45, 2.75) is 0 Å². The molecule has 2 aromatic carbocycles. The van der Waals surface area contributed by atoms with Gasteiger partial charge in [-0.15, -0.1) is 12.4 Å². The molecule has 9 heteroatoms. The van der Waals surface area contributed by atoms with Crippen LogP contribution >= 0.6 is 12.4 Å². The minimum absolute atomic E-state index is 0. The van der Waals surface area contributed by atoms with Gasteiger partial charge in [0, 0.05) is 44.7 Å². The first-order valence-corrected chi connectivity index (χ1v) is 9.68. The van der Waals surface area contributed by atoms with Gasteiger partial charge < -0.3 is 4.90 Å². The number of hydrogen-bond donors (Lipinski definition) is 1. The second-order valence-corrected chi connectivity index (χ2v) is 7.37. The van der Waals surface area contributed by atoms with E-state index in [0.29, 0.717) is 29.7 Å². The number of aromatic nitrogens is 2. The smallest absolute Gasteiger partial charge is 0.261 e. The van der Waals surface area contributed by atoms with E-state index in [9.17, 15) is 14.0 Å². The third-order valence-electron chi connectivity index (χ3n) is 5.69. The maximum Gasteiger partial charge on any atom is 0.261 e. The first kappa shape index (κ1) is 20.3. The molecule has 0 spiro atoms. The van der Waals surface area contributed by atoms with Crippen LogP contribution in [0.1, 0.15) is 20.7 Å². The summed E-state index contributed by atoms with van der Waals surface area (Å²) in [5.41, 5.74) is 1.67. The van der Waals surface area contributed by atoms with Crippen molar-refractivity contribution in [2.24, 2.45) is 0 Å². The summed E-state index contributed by atoms with van der Waals surface area (Å²) in [6, 6.07) is 11.6. The summed E-state index contributed by atoms with van der Waals surface area (Å²) in [6.45, 7) is 4.19. The predicted molar refractivity (Wildman–Crippen MR) is 114 cm³/mol. The van der Waals surface area contributed by atoms with Crippen molar-refractivity contribution in [3.05, 3.63) is 59.4 Å². The number of carbonyl (C=O) groups excluding carboxylic acids is 2. The van der Waals surface area contributed by atoms with Gasteiger partial charge in [-0.2, -0.15) is 5.10 Å². The Kier molecular flexibility index (Phi) is 5.44. The van der Waals surface area contributed by atoms with Crippen LogP contribution in [0.3, 0.4) is 0 Å². The minimum Gasteiger partial charge on any atom is -0.352 e. The van der Waals surface area contributed by atoms with E-state index in [1.807, 2.05) is 0 Å². The zero-order valence-electron chi connectivity index (χ0n) is 16.2. The molecule has 3 aromatic rings. The minimum atomic E-state index is -0.286. The highest BCUT2D eigenvalue weighted by molar-refractivity contribution is 6.21. The van der Waals surface area contributed by atoms with E-state index in [0.717, 1.165) is 37.4 Å². The van der Waals surface area contributed by atoms with Crippen molar-refractivity contribution in [2.75, 3.05) is 44.2 Å². The van der Waals surface area contributed by atoms with Gasteiger partial charge in [0.05, 0.1) is 16.6 Å². The molecule has 2 aliphatic rings. The number of carbonyl (C=O) groups is 2. The van der Waals surface area contributed by atoms with Crippen molar-refractivity contribution in [1.29, 1.82) is 0 Å². The van der Waals surface area contributed by atoms with Gasteiger partial charge in [0.25, 0.3) is 11.8 Å². The lowest BCUT2D eigenvalue weighted by atomic mass is 10.1. The molecule has 30 heavy (non-hydrogen) atoms. The molecular weight excluding hydrogens is 409 g/mol. The van der Waals surface area contributed by atoms with Crippen molar-refractivity contribution >= 4 is 40.9 Å². The number of nitrogens with one attached hydrogen (secondary N) is 1. The zero-order valence-corrected chi connectivity index (χ0v) is 17.0. The number of rotatable bonds is 4. The average Bonchev–Trinajstić information content (AvgIpc) is 3.26. The predicted octanol–water partition coefficient (Wildman–Crippen LogP) is 2.54. The fourth-order valence-corrected chi connectivity index (χ4v) is 4.09. The highest BCUT2D eigenvalue weighted by atomic mass is 35.5. The largest absolute Gasteiger partial charge is 0.352 e. The molecule has 1 aromatic heterocycles. The number of anilines is 1. The van der Waals surface area contributed by atoms with Gasteiger partial charge in [-0.1, -0.05) is 12.1 Å². The van der Waals surface area contributed by atoms with Gasteiger partial charge in [0.2, 0.25) is 0 Å². The summed E-state index contributed by atoms with van der Waals surface area (Å²) in [7, 11) is 0. The van der Waals surface area contributed by atoms with Crippen LogP contribution in [0.15, 0.2) is 42.5 Å². The molecule has 0 aliphatic carbocycles. The number of H-pyrrole nitrogens is 1. The van der Waals surface area contributed by atoms with E-state index in [4.69, 9.17) is 0 Å². The number of aromatic amines is 1. The number of nitrogens with zero attached hydrogens (tertiary/aromatic N) is 4. The quantitative estimate of drug-likeness (QED) is 0.645. The van der Waals surface area contributed by atoms with Crippen molar-refractivity contribution in [1.82, 2.24) is 20.0 Å². The maximum atomic E-state index is 13.4. The molecule has 1 fully saturated rings. The molecule has 156 valence electrons. The van der Waals surface area contributed by atoms with Crippen LogP contribution in [0.2, 0.25) is 0 Å². The number of halogens is 2. The molecular formula is C21H21ClFN5O2. The third kappa shape index (κ3) is 3.42. The first-order chi connectivity index (χ1) is 14.1. The average molecular weight is 430 g/mol. The number of imide groups is 1. The molecule has 3 heterocycles. The molecule has 2 amide bonds. The summed E-state index contributed by atoms with van der Waals surface area (Å²) < 4.78 is 13.4. The molecule has 2 aliphatic heterocycles. The Morgan fingerprint density at radius 1 is 0.933 bits per heavy atom. The van der Waals surface area contributed by atoms with Crippen LogP contribution in [0.4, 0.5) is 10.2 Å². The van der Waals surface area contributed by atoms with Gasteiger partial charge in [0.1, 0.15) is 5.82 Å². The third-order valence-corrected chi connectivity index (χ3v) is 5.69. The number of hydrogen-bond acceptors (Lipinski definition) is 5. The lowest BCUT2D eigenvalue weighted by molar-refractivity contribution is 0.0635. The molecule has 0 radical (unpaired) electrons. The van der Waals surface area contributed by atoms with Crippen LogP contribution in [-0.2, 0) is 0 Å². The normalized spacial score (nSPS) is 16.8. The first-order valence-electron chi connectivity index (χ1n) is 9.68. The molecule has 1 saturated heterocycles. The molecule has 0 atom stereocenters. The summed E-state index contributed by atoms with van der Waals surface area (Å²) in [6.07, 6.45) is 0. The summed E-state index contributed by atoms with van der Waals surface area (Å²) in [5.74, 6) is 0.129. The Bertz CT molecular complexity index is 1070. The van der Waals surface area contributed by atoms with E-state index in [1.54, 1.807) is 30.3 Å². The van der Waals surface area contributed by atoms with Crippen LogP contribution in [-0.4, -0.2) is 71.1 Å². The summed E-state index contributed by atoms with van der Waals surface area (Å²) in [5, 5.41) is 8.15. The Morgan fingerprint density at radius 2 is 1.60 bits per heavy atom. The van der Waals surface area contributed by atoms with Crippen LogP contribution in [0, 0.1) is 5.82 Å². The number of fused-ring (bicyclic) bond motifs is 2. The van der Waals surface area contributed by atoms with Gasteiger partial charge in [0.15, 0.2) is 5.82 Å². The summed E-state index contributed by atoms with van der Waals surface area (Å²) in [4.78, 5) is 30.7. The maximum absolute atomic E-state index is 13.4. The fourth-order valence-electron chi connectivity index (χ4n) is 4.09. The topological polar surface area (TPSA) is 72.5 Å². The van der Waals surface area contributed by atoms with Crippen LogP contribution in [0.25, 0.3) is 10.9 Å². The van der Waals surface area contributed by atoms with Gasteiger partial charge in [-0.3, -0.25) is 24.5 Å². The lowest BCUT2D eigenvalue weighted by Gasteiger charge is -2.35. The van der Waals surface area contributed by atoms with Crippen molar-refractivity contribution in [3.63, 3.8) is 0 Å². The SMILES string of the molecule is Cl.O=C1c2ccccc2C(=O)N1CCN1CCN(c2n[nH]c3cc(F)ccc23)CC1. The standard InChI is InChI=1S/C21H20FN5O2.ClH/c22-14-5-6-17-18(13-14)23-24-19(17)26-10-7-25(8-11-26)9-12-27-20(28)15-3-1-2-4-16(15)21(27)29;/h1-6,13H,7-12H2,(H,23,24);1H. The van der Waals surface area contributed by atoms with Crippen LogP contribution in [0.5, 0.6) is 0 Å². The van der Waals surface area contributed by atoms with E-state index in [-0.39, 0.29) is 30.0 Å². The Balaban J connectivity index is 0.00000218. The molecule has 0 saturated carbocycles. The van der Waals surface area contributed by atoms with Crippen LogP contribution < -0.4 is 4.90 Å².